The molecule has 0 spiro atoms. The van der Waals surface area contributed by atoms with Gasteiger partial charge in [-0.15, -0.1) is 0 Å². The quantitative estimate of drug-likeness (QED) is 0.848. The highest BCUT2D eigenvalue weighted by molar-refractivity contribution is 6.02. The minimum atomic E-state index is -0.276. The molecule has 1 aliphatic heterocycles. The Morgan fingerprint density at radius 3 is 3.11 bits per heavy atom. The normalized spacial score (nSPS) is 12.9. The average molecular weight is 243 g/mol. The van der Waals surface area contributed by atoms with Gasteiger partial charge in [0.2, 0.25) is 5.76 Å². The van der Waals surface area contributed by atoms with Crippen LogP contribution in [0.4, 0.5) is 11.4 Å². The van der Waals surface area contributed by atoms with Gasteiger partial charge in [0, 0.05) is 24.0 Å². The second kappa shape index (κ2) is 4.18. The zero-order chi connectivity index (χ0) is 12.5. The van der Waals surface area contributed by atoms with Crippen molar-refractivity contribution in [1.82, 2.24) is 5.16 Å². The Balaban J connectivity index is 1.78. The van der Waals surface area contributed by atoms with Crippen LogP contribution in [0.25, 0.3) is 0 Å². The van der Waals surface area contributed by atoms with Crippen LogP contribution in [0.1, 0.15) is 21.8 Å². The van der Waals surface area contributed by atoms with Crippen LogP contribution < -0.4 is 10.6 Å². The fourth-order valence-electron chi connectivity index (χ4n) is 2.05. The van der Waals surface area contributed by atoms with E-state index in [4.69, 9.17) is 4.52 Å². The third-order valence-corrected chi connectivity index (χ3v) is 2.92. The van der Waals surface area contributed by atoms with E-state index in [1.807, 2.05) is 18.2 Å². The molecular formula is C13H13N3O2. The first-order valence-electron chi connectivity index (χ1n) is 5.84. The summed E-state index contributed by atoms with van der Waals surface area (Å²) >= 11 is 0. The lowest BCUT2D eigenvalue weighted by Gasteiger charge is -2.05. The molecule has 2 N–H and O–H groups in total. The lowest BCUT2D eigenvalue weighted by Crippen LogP contribution is -2.10. The van der Waals surface area contributed by atoms with Crippen molar-refractivity contribution in [2.45, 2.75) is 13.3 Å². The summed E-state index contributed by atoms with van der Waals surface area (Å²) < 4.78 is 4.92. The summed E-state index contributed by atoms with van der Waals surface area (Å²) in [5, 5.41) is 9.77. The van der Waals surface area contributed by atoms with Gasteiger partial charge in [-0.25, -0.2) is 0 Å². The summed E-state index contributed by atoms with van der Waals surface area (Å²) in [5.74, 6) is -0.0485. The van der Waals surface area contributed by atoms with E-state index in [0.717, 1.165) is 24.3 Å². The third kappa shape index (κ3) is 1.95. The maximum Gasteiger partial charge on any atom is 0.294 e. The number of nitrogens with zero attached hydrogens (tertiary/aromatic N) is 1. The van der Waals surface area contributed by atoms with Crippen molar-refractivity contribution in [3.63, 3.8) is 0 Å². The Morgan fingerprint density at radius 2 is 2.33 bits per heavy atom. The van der Waals surface area contributed by atoms with E-state index in [9.17, 15) is 4.79 Å². The minimum absolute atomic E-state index is 0.228. The van der Waals surface area contributed by atoms with Crippen LogP contribution in [-0.2, 0) is 6.42 Å². The van der Waals surface area contributed by atoms with Crippen molar-refractivity contribution in [1.29, 1.82) is 0 Å². The summed E-state index contributed by atoms with van der Waals surface area (Å²) in [6, 6.07) is 7.45. The zero-order valence-electron chi connectivity index (χ0n) is 9.99. The molecule has 5 nitrogen and oxygen atoms in total. The van der Waals surface area contributed by atoms with Crippen molar-refractivity contribution in [2.75, 3.05) is 17.2 Å². The van der Waals surface area contributed by atoms with Gasteiger partial charge in [0.05, 0.1) is 5.69 Å². The molecule has 2 heterocycles. The first-order valence-corrected chi connectivity index (χ1v) is 5.84. The topological polar surface area (TPSA) is 67.2 Å². The molecule has 5 heteroatoms. The van der Waals surface area contributed by atoms with Crippen LogP contribution in [0.15, 0.2) is 28.8 Å². The van der Waals surface area contributed by atoms with Crippen molar-refractivity contribution in [3.8, 4) is 0 Å². The molecule has 1 aromatic carbocycles. The summed E-state index contributed by atoms with van der Waals surface area (Å²) in [7, 11) is 0. The minimum Gasteiger partial charge on any atom is -0.384 e. The summed E-state index contributed by atoms with van der Waals surface area (Å²) in [4.78, 5) is 11.9. The number of anilines is 2. The molecule has 3 rings (SSSR count). The number of rotatable bonds is 2. The van der Waals surface area contributed by atoms with Gasteiger partial charge in [-0.05, 0) is 37.1 Å². The lowest BCUT2D eigenvalue weighted by atomic mass is 10.1. The monoisotopic (exact) mass is 243 g/mol. The largest absolute Gasteiger partial charge is 0.384 e. The Kier molecular flexibility index (Phi) is 2.51. The molecule has 0 saturated heterocycles. The number of fused-ring (bicyclic) bond motifs is 1. The SMILES string of the molecule is Cc1cc(C(=O)Nc2ccc3c(c2)CCN3)on1. The molecule has 1 aromatic heterocycles. The van der Waals surface area contributed by atoms with Crippen molar-refractivity contribution >= 4 is 17.3 Å². The Bertz CT molecular complexity index is 604. The van der Waals surface area contributed by atoms with Crippen LogP contribution in [0.3, 0.4) is 0 Å². The first kappa shape index (κ1) is 10.8. The van der Waals surface area contributed by atoms with Crippen molar-refractivity contribution in [2.24, 2.45) is 0 Å². The van der Waals surface area contributed by atoms with Crippen LogP contribution in [0.2, 0.25) is 0 Å². The van der Waals surface area contributed by atoms with E-state index >= 15 is 0 Å². The molecule has 1 aliphatic rings. The zero-order valence-corrected chi connectivity index (χ0v) is 9.99. The highest BCUT2D eigenvalue weighted by Gasteiger charge is 2.14. The van der Waals surface area contributed by atoms with E-state index in [0.29, 0.717) is 5.69 Å². The van der Waals surface area contributed by atoms with Crippen molar-refractivity contribution in [3.05, 3.63) is 41.3 Å². The number of aromatic nitrogens is 1. The van der Waals surface area contributed by atoms with Gasteiger partial charge in [-0.3, -0.25) is 4.79 Å². The lowest BCUT2D eigenvalue weighted by molar-refractivity contribution is 0.0988. The number of amides is 1. The highest BCUT2D eigenvalue weighted by atomic mass is 16.5. The maximum absolute atomic E-state index is 11.9. The molecule has 1 amide bonds. The van der Waals surface area contributed by atoms with E-state index < -0.39 is 0 Å². The van der Waals surface area contributed by atoms with Gasteiger partial charge < -0.3 is 15.2 Å². The number of hydrogen-bond acceptors (Lipinski definition) is 4. The third-order valence-electron chi connectivity index (χ3n) is 2.92. The maximum atomic E-state index is 11.9. The Hall–Kier alpha value is -2.30. The number of hydrogen-bond donors (Lipinski definition) is 2. The van der Waals surface area contributed by atoms with Gasteiger partial charge in [0.25, 0.3) is 5.91 Å². The summed E-state index contributed by atoms with van der Waals surface area (Å²) in [6.45, 7) is 2.73. The van der Waals surface area contributed by atoms with E-state index in [2.05, 4.69) is 15.8 Å². The number of carbonyl (C=O) groups excluding carboxylic acids is 1. The first-order chi connectivity index (χ1) is 8.72. The Labute approximate surface area is 104 Å². The second-order valence-electron chi connectivity index (χ2n) is 4.34. The Morgan fingerprint density at radius 1 is 1.44 bits per heavy atom. The predicted molar refractivity (Wildman–Crippen MR) is 67.8 cm³/mol. The van der Waals surface area contributed by atoms with Crippen LogP contribution in [0.5, 0.6) is 0 Å². The van der Waals surface area contributed by atoms with E-state index in [1.165, 1.54) is 5.56 Å². The molecule has 0 atom stereocenters. The van der Waals surface area contributed by atoms with Crippen molar-refractivity contribution < 1.29 is 9.32 Å². The smallest absolute Gasteiger partial charge is 0.294 e. The average Bonchev–Trinajstić information content (AvgIpc) is 2.96. The molecular weight excluding hydrogens is 230 g/mol. The molecule has 0 aliphatic carbocycles. The van der Waals surface area contributed by atoms with Crippen LogP contribution in [-0.4, -0.2) is 17.6 Å². The predicted octanol–water partition coefficient (Wildman–Crippen LogP) is 2.20. The van der Waals surface area contributed by atoms with E-state index in [1.54, 1.807) is 13.0 Å². The van der Waals surface area contributed by atoms with Gasteiger partial charge in [-0.2, -0.15) is 0 Å². The molecule has 0 unspecified atom stereocenters. The second-order valence-corrected chi connectivity index (χ2v) is 4.34. The molecule has 18 heavy (non-hydrogen) atoms. The van der Waals surface area contributed by atoms with Gasteiger partial charge >= 0.3 is 0 Å². The number of carbonyl (C=O) groups is 1. The summed E-state index contributed by atoms with van der Waals surface area (Å²) in [5.41, 5.74) is 3.83. The van der Waals surface area contributed by atoms with Crippen LogP contribution >= 0.6 is 0 Å². The fraction of sp³-hybridized carbons (Fsp3) is 0.231. The number of benzene rings is 1. The molecule has 0 fully saturated rings. The van der Waals surface area contributed by atoms with E-state index in [-0.39, 0.29) is 11.7 Å². The molecule has 0 radical (unpaired) electrons. The standard InChI is InChI=1S/C13H13N3O2/c1-8-6-12(18-16-8)13(17)15-10-2-3-11-9(7-10)4-5-14-11/h2-3,6-7,14H,4-5H2,1H3,(H,15,17). The molecule has 0 bridgehead atoms. The number of nitrogens with one attached hydrogen (secondary N) is 2. The summed E-state index contributed by atoms with van der Waals surface area (Å²) in [6.07, 6.45) is 0.987. The van der Waals surface area contributed by atoms with Crippen LogP contribution in [0, 0.1) is 6.92 Å². The molecule has 0 saturated carbocycles. The number of aryl methyl sites for hydroxylation is 1. The van der Waals surface area contributed by atoms with Gasteiger partial charge in [0.1, 0.15) is 0 Å². The molecule has 92 valence electrons. The fourth-order valence-corrected chi connectivity index (χ4v) is 2.05. The van der Waals surface area contributed by atoms with Gasteiger partial charge in [0.15, 0.2) is 0 Å². The molecule has 2 aromatic rings. The highest BCUT2D eigenvalue weighted by Crippen LogP contribution is 2.25. The van der Waals surface area contributed by atoms with Gasteiger partial charge in [-0.1, -0.05) is 5.16 Å².